The fourth-order valence-electron chi connectivity index (χ4n) is 1.85. The van der Waals surface area contributed by atoms with Crippen LogP contribution in [0.2, 0.25) is 0 Å². The van der Waals surface area contributed by atoms with Gasteiger partial charge in [0.2, 0.25) is 0 Å². The van der Waals surface area contributed by atoms with Gasteiger partial charge in [0.1, 0.15) is 0 Å². The molecule has 0 aromatic heterocycles. The molecular formula is C6H10ClNO2S. The lowest BCUT2D eigenvalue weighted by atomic mass is 9.65. The van der Waals surface area contributed by atoms with Crippen molar-refractivity contribution in [2.24, 2.45) is 5.41 Å². The average Bonchev–Trinajstić information content (AvgIpc) is 1.49. The standard InChI is InChI=1S/C6H10ClNO2S/c7-11(9,10)8-4-6(5-8)2-1-3-6/h1-5H2. The van der Waals surface area contributed by atoms with Crippen LogP contribution in [-0.2, 0) is 9.24 Å². The monoisotopic (exact) mass is 195 g/mol. The summed E-state index contributed by atoms with van der Waals surface area (Å²) in [5.41, 5.74) is 0.335. The van der Waals surface area contributed by atoms with Crippen molar-refractivity contribution < 1.29 is 8.42 Å². The molecular weight excluding hydrogens is 186 g/mol. The highest BCUT2D eigenvalue weighted by Crippen LogP contribution is 2.49. The zero-order chi connectivity index (χ0) is 8.11. The van der Waals surface area contributed by atoms with Crippen LogP contribution in [-0.4, -0.2) is 25.8 Å². The van der Waals surface area contributed by atoms with Gasteiger partial charge >= 0.3 is 0 Å². The molecule has 5 heteroatoms. The van der Waals surface area contributed by atoms with E-state index in [9.17, 15) is 8.42 Å². The van der Waals surface area contributed by atoms with Crippen molar-refractivity contribution >= 4 is 19.9 Å². The van der Waals surface area contributed by atoms with Gasteiger partial charge in [-0.1, -0.05) is 6.42 Å². The SMILES string of the molecule is O=S(=O)(Cl)N1CC2(CCC2)C1. The molecule has 0 radical (unpaired) electrons. The van der Waals surface area contributed by atoms with E-state index >= 15 is 0 Å². The summed E-state index contributed by atoms with van der Waals surface area (Å²) in [5, 5.41) is 0. The van der Waals surface area contributed by atoms with Crippen LogP contribution in [0.5, 0.6) is 0 Å². The number of rotatable bonds is 1. The van der Waals surface area contributed by atoms with E-state index in [4.69, 9.17) is 10.7 Å². The number of hydrogen-bond acceptors (Lipinski definition) is 2. The molecule has 0 atom stereocenters. The molecule has 0 amide bonds. The Balaban J connectivity index is 1.98. The molecule has 11 heavy (non-hydrogen) atoms. The van der Waals surface area contributed by atoms with Crippen molar-refractivity contribution in [1.29, 1.82) is 0 Å². The smallest absolute Gasteiger partial charge is 0.195 e. The zero-order valence-electron chi connectivity index (χ0n) is 6.09. The van der Waals surface area contributed by atoms with E-state index < -0.39 is 9.24 Å². The first-order valence-electron chi connectivity index (χ1n) is 3.72. The Morgan fingerprint density at radius 3 is 2.09 bits per heavy atom. The Morgan fingerprint density at radius 1 is 1.27 bits per heavy atom. The number of nitrogens with zero attached hydrogens (tertiary/aromatic N) is 1. The van der Waals surface area contributed by atoms with Gasteiger partial charge in [0.05, 0.1) is 0 Å². The lowest BCUT2D eigenvalue weighted by molar-refractivity contribution is -0.00653. The van der Waals surface area contributed by atoms with Crippen LogP contribution in [0.1, 0.15) is 19.3 Å². The number of hydrogen-bond donors (Lipinski definition) is 0. The molecule has 0 N–H and O–H groups in total. The summed E-state index contributed by atoms with van der Waals surface area (Å²) in [6.45, 7) is 1.30. The Labute approximate surface area is 70.9 Å². The Bertz CT molecular complexity index is 262. The fraction of sp³-hybridized carbons (Fsp3) is 1.00. The highest BCUT2D eigenvalue weighted by molar-refractivity contribution is 8.11. The van der Waals surface area contributed by atoms with Gasteiger partial charge in [-0.2, -0.15) is 12.7 Å². The van der Waals surface area contributed by atoms with Crippen molar-refractivity contribution in [3.8, 4) is 0 Å². The van der Waals surface area contributed by atoms with E-state index in [2.05, 4.69) is 0 Å². The molecule has 1 spiro atoms. The summed E-state index contributed by atoms with van der Waals surface area (Å²) in [5.74, 6) is 0. The fourth-order valence-corrected chi connectivity index (χ4v) is 3.00. The maximum atomic E-state index is 10.7. The molecule has 2 aliphatic rings. The molecule has 1 heterocycles. The van der Waals surface area contributed by atoms with Crippen molar-refractivity contribution in [2.75, 3.05) is 13.1 Å². The first kappa shape index (κ1) is 7.83. The molecule has 2 fully saturated rings. The predicted molar refractivity (Wildman–Crippen MR) is 42.6 cm³/mol. The summed E-state index contributed by atoms with van der Waals surface area (Å²) in [4.78, 5) is 0. The van der Waals surface area contributed by atoms with Gasteiger partial charge in [-0.25, -0.2) is 0 Å². The van der Waals surface area contributed by atoms with Crippen molar-refractivity contribution in [2.45, 2.75) is 19.3 Å². The Hall–Kier alpha value is 0.200. The molecule has 1 saturated heterocycles. The van der Waals surface area contributed by atoms with E-state index in [-0.39, 0.29) is 0 Å². The second-order valence-electron chi connectivity index (χ2n) is 3.56. The molecule has 1 aliphatic heterocycles. The molecule has 2 rings (SSSR count). The van der Waals surface area contributed by atoms with E-state index in [1.807, 2.05) is 0 Å². The van der Waals surface area contributed by atoms with Crippen LogP contribution in [0.3, 0.4) is 0 Å². The molecule has 0 bridgehead atoms. The minimum absolute atomic E-state index is 0.335. The summed E-state index contributed by atoms with van der Waals surface area (Å²) in [6.07, 6.45) is 3.60. The molecule has 0 aromatic carbocycles. The molecule has 0 aromatic rings. The van der Waals surface area contributed by atoms with E-state index in [0.717, 1.165) is 0 Å². The van der Waals surface area contributed by atoms with Gasteiger partial charge in [0, 0.05) is 23.8 Å². The van der Waals surface area contributed by atoms with Gasteiger partial charge in [-0.3, -0.25) is 0 Å². The normalized spacial score (nSPS) is 29.5. The third-order valence-electron chi connectivity index (χ3n) is 2.75. The first-order valence-corrected chi connectivity index (χ1v) is 5.98. The summed E-state index contributed by atoms with van der Waals surface area (Å²) >= 11 is 0. The minimum Gasteiger partial charge on any atom is -0.195 e. The average molecular weight is 196 g/mol. The van der Waals surface area contributed by atoms with Crippen LogP contribution < -0.4 is 0 Å². The number of halogens is 1. The topological polar surface area (TPSA) is 37.4 Å². The third kappa shape index (κ3) is 1.17. The lowest BCUT2D eigenvalue weighted by Gasteiger charge is -2.54. The zero-order valence-corrected chi connectivity index (χ0v) is 7.66. The maximum Gasteiger partial charge on any atom is 0.299 e. The van der Waals surface area contributed by atoms with Crippen LogP contribution in [0.25, 0.3) is 0 Å². The minimum atomic E-state index is -3.41. The molecule has 1 saturated carbocycles. The highest BCUT2D eigenvalue weighted by Gasteiger charge is 2.50. The molecule has 1 aliphatic carbocycles. The van der Waals surface area contributed by atoms with E-state index in [1.54, 1.807) is 0 Å². The third-order valence-corrected chi connectivity index (χ3v) is 4.21. The highest BCUT2D eigenvalue weighted by atomic mass is 35.7. The first-order chi connectivity index (χ1) is 5.02. The summed E-state index contributed by atoms with van der Waals surface area (Å²) in [7, 11) is 1.73. The summed E-state index contributed by atoms with van der Waals surface area (Å²) < 4.78 is 22.8. The summed E-state index contributed by atoms with van der Waals surface area (Å²) in [6, 6.07) is 0. The van der Waals surface area contributed by atoms with Crippen LogP contribution in [0, 0.1) is 5.41 Å². The second kappa shape index (κ2) is 2.12. The van der Waals surface area contributed by atoms with Gasteiger partial charge in [0.25, 0.3) is 9.24 Å². The van der Waals surface area contributed by atoms with Crippen LogP contribution in [0.15, 0.2) is 0 Å². The quantitative estimate of drug-likeness (QED) is 0.585. The van der Waals surface area contributed by atoms with Crippen LogP contribution in [0.4, 0.5) is 0 Å². The largest absolute Gasteiger partial charge is 0.299 e. The maximum absolute atomic E-state index is 10.7. The van der Waals surface area contributed by atoms with E-state index in [1.165, 1.54) is 23.6 Å². The molecule has 0 unspecified atom stereocenters. The van der Waals surface area contributed by atoms with Gasteiger partial charge in [0.15, 0.2) is 0 Å². The Kier molecular flexibility index (Phi) is 1.51. The Morgan fingerprint density at radius 2 is 1.82 bits per heavy atom. The van der Waals surface area contributed by atoms with Crippen molar-refractivity contribution in [3.05, 3.63) is 0 Å². The van der Waals surface area contributed by atoms with Crippen molar-refractivity contribution in [1.82, 2.24) is 4.31 Å². The van der Waals surface area contributed by atoms with Crippen molar-refractivity contribution in [3.63, 3.8) is 0 Å². The van der Waals surface area contributed by atoms with Gasteiger partial charge in [-0.15, -0.1) is 0 Å². The predicted octanol–water partition coefficient (Wildman–Crippen LogP) is 0.956. The van der Waals surface area contributed by atoms with Crippen LogP contribution >= 0.6 is 10.7 Å². The van der Waals surface area contributed by atoms with Gasteiger partial charge in [-0.05, 0) is 18.3 Å². The second-order valence-corrected chi connectivity index (χ2v) is 6.07. The van der Waals surface area contributed by atoms with E-state index in [0.29, 0.717) is 18.5 Å². The van der Waals surface area contributed by atoms with Gasteiger partial charge < -0.3 is 0 Å². The molecule has 64 valence electrons. The lowest BCUT2D eigenvalue weighted by Crippen LogP contribution is -2.60. The molecule has 3 nitrogen and oxygen atoms in total.